The lowest BCUT2D eigenvalue weighted by Gasteiger charge is -2.01. The summed E-state index contributed by atoms with van der Waals surface area (Å²) in [6.45, 7) is 1.92. The highest BCUT2D eigenvalue weighted by atomic mass is 32.1. The van der Waals surface area contributed by atoms with Crippen LogP contribution in [0.4, 0.5) is 5.82 Å². The predicted octanol–water partition coefficient (Wildman–Crippen LogP) is 2.95. The molecule has 4 nitrogen and oxygen atoms in total. The second-order valence-corrected chi connectivity index (χ2v) is 3.92. The van der Waals surface area contributed by atoms with E-state index in [1.807, 2.05) is 37.3 Å². The molecule has 0 spiro atoms. The van der Waals surface area contributed by atoms with E-state index in [-0.39, 0.29) is 0 Å². The fourth-order valence-electron chi connectivity index (χ4n) is 1.75. The Bertz CT molecular complexity index is 598. The lowest BCUT2D eigenvalue weighted by atomic mass is 10.2. The molecular formula is C11H8N4S. The number of para-hydroxylation sites is 1. The van der Waals surface area contributed by atoms with E-state index in [0.717, 1.165) is 22.8 Å². The molecule has 0 fully saturated rings. The molecule has 0 amide bonds. The molecule has 1 aromatic carbocycles. The topological polar surface area (TPSA) is 42.5 Å². The lowest BCUT2D eigenvalue weighted by molar-refractivity contribution is 0.856. The summed E-state index contributed by atoms with van der Waals surface area (Å²) in [4.78, 5) is 0.523. The van der Waals surface area contributed by atoms with Crippen molar-refractivity contribution in [1.82, 2.24) is 9.78 Å². The van der Waals surface area contributed by atoms with Crippen LogP contribution in [-0.4, -0.2) is 14.8 Å². The third-order valence-corrected chi connectivity index (χ3v) is 2.77. The first-order chi connectivity index (χ1) is 7.77. The predicted molar refractivity (Wildman–Crippen MR) is 64.5 cm³/mol. The van der Waals surface area contributed by atoms with E-state index in [0.29, 0.717) is 4.99 Å². The normalized spacial score (nSPS) is 13.2. The van der Waals surface area contributed by atoms with Crippen LogP contribution in [-0.2, 0) is 0 Å². The fourth-order valence-corrected chi connectivity index (χ4v) is 2.03. The van der Waals surface area contributed by atoms with Crippen molar-refractivity contribution in [2.75, 3.05) is 0 Å². The summed E-state index contributed by atoms with van der Waals surface area (Å²) in [5.74, 6) is 0.730. The van der Waals surface area contributed by atoms with Crippen molar-refractivity contribution in [3.05, 3.63) is 41.6 Å². The van der Waals surface area contributed by atoms with Crippen molar-refractivity contribution in [2.24, 2.45) is 10.2 Å². The Morgan fingerprint density at radius 1 is 1.12 bits per heavy atom. The molecule has 0 unspecified atom stereocenters. The van der Waals surface area contributed by atoms with Crippen LogP contribution in [0.2, 0.25) is 0 Å². The molecule has 0 saturated carbocycles. The number of hydrogen-bond donors (Lipinski definition) is 0. The van der Waals surface area contributed by atoms with E-state index in [2.05, 4.69) is 15.3 Å². The molecule has 1 aliphatic rings. The van der Waals surface area contributed by atoms with Gasteiger partial charge in [0.25, 0.3) is 0 Å². The molecule has 16 heavy (non-hydrogen) atoms. The molecule has 0 bridgehead atoms. The van der Waals surface area contributed by atoms with Gasteiger partial charge in [0.1, 0.15) is 0 Å². The van der Waals surface area contributed by atoms with E-state index in [4.69, 9.17) is 12.2 Å². The smallest absolute Gasteiger partial charge is 0.188 e. The number of azo groups is 1. The third-order valence-electron chi connectivity index (χ3n) is 2.49. The van der Waals surface area contributed by atoms with Crippen LogP contribution in [0.15, 0.2) is 40.6 Å². The molecule has 0 aliphatic carbocycles. The second kappa shape index (κ2) is 3.31. The van der Waals surface area contributed by atoms with Gasteiger partial charge >= 0.3 is 0 Å². The van der Waals surface area contributed by atoms with Crippen LogP contribution in [0.3, 0.4) is 0 Å². The number of benzene rings is 1. The van der Waals surface area contributed by atoms with Crippen molar-refractivity contribution in [2.45, 2.75) is 6.92 Å². The molecule has 1 aromatic heterocycles. The Labute approximate surface area is 97.6 Å². The van der Waals surface area contributed by atoms with Crippen LogP contribution in [0.5, 0.6) is 0 Å². The van der Waals surface area contributed by atoms with Gasteiger partial charge in [-0.3, -0.25) is 0 Å². The van der Waals surface area contributed by atoms with E-state index >= 15 is 0 Å². The van der Waals surface area contributed by atoms with Gasteiger partial charge in [0.2, 0.25) is 0 Å². The highest BCUT2D eigenvalue weighted by Gasteiger charge is 2.23. The molecule has 3 rings (SSSR count). The van der Waals surface area contributed by atoms with Crippen molar-refractivity contribution in [3.8, 4) is 5.69 Å². The number of thiocarbonyl (C=S) groups is 1. The largest absolute Gasteiger partial charge is 0.213 e. The number of aromatic nitrogens is 2. The van der Waals surface area contributed by atoms with Gasteiger partial charge in [-0.2, -0.15) is 5.10 Å². The third kappa shape index (κ3) is 1.22. The molecular weight excluding hydrogens is 220 g/mol. The van der Waals surface area contributed by atoms with Crippen molar-refractivity contribution in [3.63, 3.8) is 0 Å². The lowest BCUT2D eigenvalue weighted by Crippen LogP contribution is -1.95. The van der Waals surface area contributed by atoms with E-state index in [1.165, 1.54) is 0 Å². The molecule has 0 radical (unpaired) electrons. The zero-order valence-electron chi connectivity index (χ0n) is 8.58. The minimum Gasteiger partial charge on any atom is -0.213 e. The van der Waals surface area contributed by atoms with Crippen molar-refractivity contribution >= 4 is 23.0 Å². The van der Waals surface area contributed by atoms with Crippen LogP contribution in [0.1, 0.15) is 11.3 Å². The van der Waals surface area contributed by atoms with E-state index in [9.17, 15) is 0 Å². The minimum atomic E-state index is 0.523. The Morgan fingerprint density at radius 2 is 1.88 bits per heavy atom. The highest BCUT2D eigenvalue weighted by Crippen LogP contribution is 2.32. The van der Waals surface area contributed by atoms with Gasteiger partial charge in [-0.15, -0.1) is 10.2 Å². The second-order valence-electron chi connectivity index (χ2n) is 3.54. The highest BCUT2D eigenvalue weighted by molar-refractivity contribution is 7.80. The van der Waals surface area contributed by atoms with Crippen molar-refractivity contribution < 1.29 is 0 Å². The van der Waals surface area contributed by atoms with Crippen LogP contribution >= 0.6 is 12.2 Å². The molecule has 0 saturated heterocycles. The van der Waals surface area contributed by atoms with Gasteiger partial charge in [0.05, 0.1) is 16.9 Å². The zero-order valence-corrected chi connectivity index (χ0v) is 9.40. The molecule has 2 aromatic rings. The van der Waals surface area contributed by atoms with E-state index in [1.54, 1.807) is 4.68 Å². The summed E-state index contributed by atoms with van der Waals surface area (Å²) in [6.07, 6.45) is 0. The standard InChI is InChI=1S/C11H8N4S/c1-7-9-10(12-13-11(9)16)15(14-7)8-5-3-2-4-6-8/h2-6H,1H3. The SMILES string of the molecule is Cc1nn(-c2ccccc2)c2c1C(=S)N=N2. The number of fused-ring (bicyclic) bond motifs is 1. The van der Waals surface area contributed by atoms with Crippen molar-refractivity contribution in [1.29, 1.82) is 0 Å². The Kier molecular flexibility index (Phi) is 1.94. The van der Waals surface area contributed by atoms with Crippen LogP contribution in [0, 0.1) is 6.92 Å². The van der Waals surface area contributed by atoms with Gasteiger partial charge in [0, 0.05) is 0 Å². The van der Waals surface area contributed by atoms with Gasteiger partial charge in [-0.25, -0.2) is 4.68 Å². The molecule has 5 heteroatoms. The van der Waals surface area contributed by atoms with Gasteiger partial charge in [-0.1, -0.05) is 30.4 Å². The average Bonchev–Trinajstić information content (AvgIpc) is 2.83. The first-order valence-electron chi connectivity index (χ1n) is 4.88. The summed E-state index contributed by atoms with van der Waals surface area (Å²) in [5, 5.41) is 12.4. The first-order valence-corrected chi connectivity index (χ1v) is 5.29. The Morgan fingerprint density at radius 3 is 2.62 bits per heavy atom. The van der Waals surface area contributed by atoms with Crippen LogP contribution < -0.4 is 0 Å². The maximum absolute atomic E-state index is 5.11. The summed E-state index contributed by atoms with van der Waals surface area (Å²) in [5.41, 5.74) is 2.71. The van der Waals surface area contributed by atoms with Gasteiger partial charge in [0.15, 0.2) is 10.8 Å². The maximum Gasteiger partial charge on any atom is 0.188 e. The number of rotatable bonds is 1. The van der Waals surface area contributed by atoms with E-state index < -0.39 is 0 Å². The zero-order chi connectivity index (χ0) is 11.1. The maximum atomic E-state index is 5.11. The molecule has 0 atom stereocenters. The first kappa shape index (κ1) is 9.35. The van der Waals surface area contributed by atoms with Gasteiger partial charge < -0.3 is 0 Å². The van der Waals surface area contributed by atoms with Gasteiger partial charge in [-0.05, 0) is 19.1 Å². The van der Waals surface area contributed by atoms with Crippen LogP contribution in [0.25, 0.3) is 5.69 Å². The average molecular weight is 228 g/mol. The molecule has 78 valence electrons. The summed E-state index contributed by atoms with van der Waals surface area (Å²) in [6, 6.07) is 9.84. The summed E-state index contributed by atoms with van der Waals surface area (Å²) in [7, 11) is 0. The Hall–Kier alpha value is -1.88. The quantitative estimate of drug-likeness (QED) is 0.704. The number of aryl methyl sites for hydroxylation is 1. The number of hydrogen-bond acceptors (Lipinski definition) is 3. The summed E-state index contributed by atoms with van der Waals surface area (Å²) < 4.78 is 1.77. The Balaban J connectivity index is 2.25. The molecule has 0 N–H and O–H groups in total. The fraction of sp³-hybridized carbons (Fsp3) is 0.0909. The monoisotopic (exact) mass is 228 g/mol. The molecule has 2 heterocycles. The molecule has 1 aliphatic heterocycles. The minimum absolute atomic E-state index is 0.523. The number of nitrogens with zero attached hydrogens (tertiary/aromatic N) is 4. The summed E-state index contributed by atoms with van der Waals surface area (Å²) >= 11 is 5.11.